The molecule has 1 aliphatic heterocycles. The first-order valence-electron chi connectivity index (χ1n) is 6.89. The summed E-state index contributed by atoms with van der Waals surface area (Å²) in [4.78, 5) is 17.6. The van der Waals surface area contributed by atoms with Gasteiger partial charge in [0.05, 0.1) is 6.42 Å². The predicted molar refractivity (Wildman–Crippen MR) is 79.3 cm³/mol. The van der Waals surface area contributed by atoms with Crippen molar-refractivity contribution in [2.24, 2.45) is 5.92 Å². The Kier molecular flexibility index (Phi) is 5.29. The highest BCUT2D eigenvalue weighted by molar-refractivity contribution is 7.73. The van der Waals surface area contributed by atoms with Crippen molar-refractivity contribution in [2.45, 2.75) is 38.5 Å². The number of piperidine rings is 1. The van der Waals surface area contributed by atoms with Gasteiger partial charge in [0.1, 0.15) is 0 Å². The number of nitrogens with zero attached hydrogens (tertiary/aromatic N) is 1. The van der Waals surface area contributed by atoms with Gasteiger partial charge in [-0.25, -0.2) is 0 Å². The van der Waals surface area contributed by atoms with Crippen LogP contribution in [-0.4, -0.2) is 46.3 Å². The highest BCUT2D eigenvalue weighted by Crippen LogP contribution is 2.31. The van der Waals surface area contributed by atoms with Crippen LogP contribution in [0.25, 0.3) is 0 Å². The molecule has 0 saturated carbocycles. The zero-order valence-corrected chi connectivity index (χ0v) is 13.6. The molecule has 1 atom stereocenters. The monoisotopic (exact) mass is 354 g/mol. The number of aryl methyl sites for hydroxylation is 1. The van der Waals surface area contributed by atoms with E-state index in [1.807, 2.05) is 6.92 Å². The van der Waals surface area contributed by atoms with Crippen LogP contribution in [0, 0.1) is 16.8 Å². The number of aliphatic hydroxyl groups excluding tert-OH is 1. The summed E-state index contributed by atoms with van der Waals surface area (Å²) in [6, 6.07) is 0. The van der Waals surface area contributed by atoms with Crippen LogP contribution < -0.4 is 0 Å². The number of aliphatic hydroxyl groups is 1. The number of aromatic nitrogens is 1. The first-order valence-corrected chi connectivity index (χ1v) is 8.12. The van der Waals surface area contributed by atoms with Crippen LogP contribution in [0.3, 0.4) is 0 Å². The topological polar surface area (TPSA) is 56.3 Å². The molecule has 0 unspecified atom stereocenters. The molecule has 124 valence electrons. The van der Waals surface area contributed by atoms with Crippen LogP contribution in [0.1, 0.15) is 23.4 Å². The van der Waals surface area contributed by atoms with Crippen molar-refractivity contribution in [3.63, 3.8) is 0 Å². The number of likely N-dealkylation sites (tertiary alicyclic amines) is 1. The third kappa shape index (κ3) is 4.08. The summed E-state index contributed by atoms with van der Waals surface area (Å²) in [5.74, 6) is -0.951. The summed E-state index contributed by atoms with van der Waals surface area (Å²) in [7, 11) is 0. The van der Waals surface area contributed by atoms with Gasteiger partial charge in [-0.15, -0.1) is 11.3 Å². The van der Waals surface area contributed by atoms with E-state index >= 15 is 0 Å². The van der Waals surface area contributed by atoms with E-state index in [0.29, 0.717) is 3.95 Å². The van der Waals surface area contributed by atoms with Gasteiger partial charge in [-0.1, -0.05) is 0 Å². The Labute approximate surface area is 135 Å². The Balaban J connectivity index is 1.90. The van der Waals surface area contributed by atoms with E-state index in [1.165, 1.54) is 11.3 Å². The Morgan fingerprint density at radius 1 is 1.50 bits per heavy atom. The molecule has 1 aromatic heterocycles. The maximum absolute atomic E-state index is 12.5. The zero-order valence-electron chi connectivity index (χ0n) is 11.9. The molecule has 0 aromatic carbocycles. The molecule has 1 amide bonds. The zero-order chi connectivity index (χ0) is 16.5. The SMILES string of the molecule is Cc1[nH]c(=S)sc1CC(=O)N1CCC([C@H](O)C(F)(F)F)CC1. The van der Waals surface area contributed by atoms with Crippen molar-refractivity contribution in [1.29, 1.82) is 0 Å². The van der Waals surface area contributed by atoms with Crippen molar-refractivity contribution < 1.29 is 23.1 Å². The lowest BCUT2D eigenvalue weighted by atomic mass is 9.90. The van der Waals surface area contributed by atoms with E-state index in [4.69, 9.17) is 12.2 Å². The normalized spacial score (nSPS) is 18.5. The van der Waals surface area contributed by atoms with E-state index in [-0.39, 0.29) is 38.3 Å². The Morgan fingerprint density at radius 2 is 2.09 bits per heavy atom. The van der Waals surface area contributed by atoms with Gasteiger partial charge in [0.25, 0.3) is 0 Å². The number of hydrogen-bond donors (Lipinski definition) is 2. The molecule has 2 heterocycles. The molecule has 4 nitrogen and oxygen atoms in total. The fourth-order valence-electron chi connectivity index (χ4n) is 2.59. The van der Waals surface area contributed by atoms with Crippen molar-refractivity contribution in [3.8, 4) is 0 Å². The molecule has 1 aromatic rings. The molecular weight excluding hydrogens is 337 g/mol. The molecule has 2 N–H and O–H groups in total. The summed E-state index contributed by atoms with van der Waals surface area (Å²) < 4.78 is 38.0. The average Bonchev–Trinajstić information content (AvgIpc) is 2.75. The standard InChI is InChI=1S/C13H17F3N2O2S2/c1-7-9(22-12(21)17-7)6-10(19)18-4-2-8(3-5-18)11(20)13(14,15)16/h8,11,20H,2-6H2,1H3,(H,17,21)/t11-/m0/s1. The Morgan fingerprint density at radius 3 is 2.55 bits per heavy atom. The first-order chi connectivity index (χ1) is 10.2. The molecule has 22 heavy (non-hydrogen) atoms. The van der Waals surface area contributed by atoms with Crippen LogP contribution in [0.5, 0.6) is 0 Å². The second kappa shape index (κ2) is 6.67. The minimum Gasteiger partial charge on any atom is -0.383 e. The molecule has 2 rings (SSSR count). The molecule has 1 fully saturated rings. The number of nitrogens with one attached hydrogen (secondary N) is 1. The maximum atomic E-state index is 12.5. The fourth-order valence-corrected chi connectivity index (χ4v) is 3.87. The van der Waals surface area contributed by atoms with Crippen molar-refractivity contribution in [3.05, 3.63) is 14.5 Å². The molecule has 9 heteroatoms. The van der Waals surface area contributed by atoms with Crippen LogP contribution in [-0.2, 0) is 11.2 Å². The van der Waals surface area contributed by atoms with Gasteiger partial charge in [-0.2, -0.15) is 13.2 Å². The van der Waals surface area contributed by atoms with Crippen molar-refractivity contribution in [1.82, 2.24) is 9.88 Å². The van der Waals surface area contributed by atoms with Crippen molar-refractivity contribution in [2.75, 3.05) is 13.1 Å². The lowest BCUT2D eigenvalue weighted by Gasteiger charge is -2.34. The predicted octanol–water partition coefficient (Wildman–Crippen LogP) is 2.82. The molecule has 0 bridgehead atoms. The number of hydrogen-bond acceptors (Lipinski definition) is 4. The Bertz CT molecular complexity index is 589. The van der Waals surface area contributed by atoms with Gasteiger partial charge in [-0.3, -0.25) is 4.79 Å². The third-order valence-electron chi connectivity index (χ3n) is 3.91. The number of H-pyrrole nitrogens is 1. The molecular formula is C13H17F3N2O2S2. The first kappa shape index (κ1) is 17.4. The lowest BCUT2D eigenvalue weighted by Crippen LogP contribution is -2.45. The average molecular weight is 354 g/mol. The van der Waals surface area contributed by atoms with Gasteiger partial charge in [-0.05, 0) is 37.9 Å². The van der Waals surface area contributed by atoms with E-state index in [1.54, 1.807) is 4.90 Å². The lowest BCUT2D eigenvalue weighted by molar-refractivity contribution is -0.222. The molecule has 1 aliphatic rings. The number of thiazole rings is 1. The minimum atomic E-state index is -4.60. The number of rotatable bonds is 3. The van der Waals surface area contributed by atoms with E-state index in [9.17, 15) is 23.1 Å². The largest absolute Gasteiger partial charge is 0.414 e. The smallest absolute Gasteiger partial charge is 0.383 e. The Hall–Kier alpha value is -0.930. The number of alkyl halides is 3. The van der Waals surface area contributed by atoms with Gasteiger partial charge in [0.15, 0.2) is 10.1 Å². The number of amides is 1. The van der Waals surface area contributed by atoms with Crippen LogP contribution in [0.4, 0.5) is 13.2 Å². The molecule has 0 aliphatic carbocycles. The third-order valence-corrected chi connectivity index (χ3v) is 5.25. The number of carbonyl (C=O) groups excluding carboxylic acids is 1. The second-order valence-electron chi connectivity index (χ2n) is 5.44. The van der Waals surface area contributed by atoms with Crippen molar-refractivity contribution >= 4 is 29.5 Å². The summed E-state index contributed by atoms with van der Waals surface area (Å²) in [5, 5.41) is 9.27. The van der Waals surface area contributed by atoms with Gasteiger partial charge >= 0.3 is 6.18 Å². The highest BCUT2D eigenvalue weighted by Gasteiger charge is 2.44. The number of carbonyl (C=O) groups is 1. The van der Waals surface area contributed by atoms with Gasteiger partial charge < -0.3 is 15.0 Å². The summed E-state index contributed by atoms with van der Waals surface area (Å²) in [6.07, 6.45) is -6.37. The minimum absolute atomic E-state index is 0.117. The summed E-state index contributed by atoms with van der Waals surface area (Å²) in [6.45, 7) is 2.32. The summed E-state index contributed by atoms with van der Waals surface area (Å²) >= 11 is 6.35. The van der Waals surface area contributed by atoms with E-state index < -0.39 is 18.2 Å². The quantitative estimate of drug-likeness (QED) is 0.821. The summed E-state index contributed by atoms with van der Waals surface area (Å²) in [5.41, 5.74) is 0.853. The highest BCUT2D eigenvalue weighted by atomic mass is 32.1. The van der Waals surface area contributed by atoms with Gasteiger partial charge in [0.2, 0.25) is 5.91 Å². The maximum Gasteiger partial charge on any atom is 0.414 e. The fraction of sp³-hybridized carbons (Fsp3) is 0.692. The number of halogens is 3. The van der Waals surface area contributed by atoms with Crippen LogP contribution in [0.2, 0.25) is 0 Å². The number of aromatic amines is 1. The van der Waals surface area contributed by atoms with Crippen LogP contribution in [0.15, 0.2) is 0 Å². The molecule has 0 radical (unpaired) electrons. The van der Waals surface area contributed by atoms with E-state index in [0.717, 1.165) is 10.6 Å². The second-order valence-corrected chi connectivity index (χ2v) is 7.22. The molecule has 1 saturated heterocycles. The van der Waals surface area contributed by atoms with Crippen LogP contribution >= 0.6 is 23.6 Å². The van der Waals surface area contributed by atoms with E-state index in [2.05, 4.69) is 4.98 Å². The van der Waals surface area contributed by atoms with Gasteiger partial charge in [0, 0.05) is 23.7 Å². The molecule has 0 spiro atoms.